The SMILES string of the molecule is CCCOc1cncc(C(NN)c2ccc(Br)c(C)c2)c1. The Labute approximate surface area is 133 Å². The average molecular weight is 350 g/mol. The zero-order chi connectivity index (χ0) is 15.2. The smallest absolute Gasteiger partial charge is 0.137 e. The number of hydrogen-bond acceptors (Lipinski definition) is 4. The van der Waals surface area contributed by atoms with E-state index in [1.165, 1.54) is 5.56 Å². The van der Waals surface area contributed by atoms with E-state index < -0.39 is 0 Å². The summed E-state index contributed by atoms with van der Waals surface area (Å²) in [6.07, 6.45) is 4.50. The summed E-state index contributed by atoms with van der Waals surface area (Å²) in [6.45, 7) is 4.82. The molecule has 4 nitrogen and oxygen atoms in total. The summed E-state index contributed by atoms with van der Waals surface area (Å²) in [5.74, 6) is 6.51. The molecule has 1 atom stereocenters. The Kier molecular flexibility index (Phi) is 5.73. The Hall–Kier alpha value is -1.43. The number of rotatable bonds is 6. The number of aryl methyl sites for hydroxylation is 1. The van der Waals surface area contributed by atoms with Crippen LogP contribution in [-0.4, -0.2) is 11.6 Å². The van der Waals surface area contributed by atoms with E-state index in [1.807, 2.05) is 18.2 Å². The van der Waals surface area contributed by atoms with Gasteiger partial charge in [-0.1, -0.05) is 35.0 Å². The molecule has 0 aliphatic rings. The first kappa shape index (κ1) is 15.9. The summed E-state index contributed by atoms with van der Waals surface area (Å²) in [5, 5.41) is 0. The lowest BCUT2D eigenvalue weighted by Crippen LogP contribution is -2.29. The van der Waals surface area contributed by atoms with E-state index in [0.717, 1.165) is 27.8 Å². The predicted molar refractivity (Wildman–Crippen MR) is 88.1 cm³/mol. The number of benzene rings is 1. The minimum absolute atomic E-state index is 0.116. The van der Waals surface area contributed by atoms with Crippen LogP contribution in [0.5, 0.6) is 5.75 Å². The van der Waals surface area contributed by atoms with Gasteiger partial charge in [0.1, 0.15) is 5.75 Å². The molecule has 0 aliphatic carbocycles. The topological polar surface area (TPSA) is 60.2 Å². The molecule has 3 N–H and O–H groups in total. The molecule has 0 aliphatic heterocycles. The summed E-state index contributed by atoms with van der Waals surface area (Å²) < 4.78 is 6.71. The highest BCUT2D eigenvalue weighted by Gasteiger charge is 2.14. The molecule has 2 rings (SSSR count). The van der Waals surface area contributed by atoms with Gasteiger partial charge in [-0.3, -0.25) is 10.8 Å². The fraction of sp³-hybridized carbons (Fsp3) is 0.312. The van der Waals surface area contributed by atoms with E-state index in [9.17, 15) is 0 Å². The van der Waals surface area contributed by atoms with Gasteiger partial charge in [0, 0.05) is 10.7 Å². The number of hydrogen-bond donors (Lipinski definition) is 2. The summed E-state index contributed by atoms with van der Waals surface area (Å²) in [4.78, 5) is 4.24. The first-order valence-electron chi connectivity index (χ1n) is 6.95. The Morgan fingerprint density at radius 2 is 2.10 bits per heavy atom. The molecule has 0 amide bonds. The van der Waals surface area contributed by atoms with Crippen molar-refractivity contribution in [2.45, 2.75) is 26.3 Å². The largest absolute Gasteiger partial charge is 0.492 e. The van der Waals surface area contributed by atoms with E-state index in [-0.39, 0.29) is 6.04 Å². The van der Waals surface area contributed by atoms with Crippen LogP contribution in [0.25, 0.3) is 0 Å². The molecule has 0 saturated carbocycles. The van der Waals surface area contributed by atoms with Gasteiger partial charge in [0.25, 0.3) is 0 Å². The first-order valence-corrected chi connectivity index (χ1v) is 7.75. The Morgan fingerprint density at radius 1 is 1.29 bits per heavy atom. The molecular formula is C16H20BrN3O. The van der Waals surface area contributed by atoms with Crippen molar-refractivity contribution in [2.75, 3.05) is 6.61 Å². The van der Waals surface area contributed by atoms with Crippen molar-refractivity contribution < 1.29 is 4.74 Å². The van der Waals surface area contributed by atoms with Crippen molar-refractivity contribution in [1.29, 1.82) is 0 Å². The highest BCUT2D eigenvalue weighted by molar-refractivity contribution is 9.10. The van der Waals surface area contributed by atoms with Crippen molar-refractivity contribution in [3.8, 4) is 5.75 Å². The number of pyridine rings is 1. The third kappa shape index (κ3) is 4.03. The molecule has 0 radical (unpaired) electrons. The normalized spacial score (nSPS) is 12.2. The molecule has 112 valence electrons. The third-order valence-electron chi connectivity index (χ3n) is 3.22. The summed E-state index contributed by atoms with van der Waals surface area (Å²) in [6, 6.07) is 8.04. The average Bonchev–Trinajstić information content (AvgIpc) is 2.50. The molecule has 21 heavy (non-hydrogen) atoms. The van der Waals surface area contributed by atoms with Crippen molar-refractivity contribution in [3.63, 3.8) is 0 Å². The minimum Gasteiger partial charge on any atom is -0.492 e. The molecule has 2 aromatic rings. The van der Waals surface area contributed by atoms with Crippen molar-refractivity contribution in [1.82, 2.24) is 10.4 Å². The van der Waals surface area contributed by atoms with Gasteiger partial charge in [0.05, 0.1) is 18.8 Å². The molecular weight excluding hydrogens is 330 g/mol. The van der Waals surface area contributed by atoms with Crippen LogP contribution >= 0.6 is 15.9 Å². The van der Waals surface area contributed by atoms with Crippen LogP contribution in [0.3, 0.4) is 0 Å². The first-order chi connectivity index (χ1) is 10.2. The molecule has 0 fully saturated rings. The molecule has 0 spiro atoms. The van der Waals surface area contributed by atoms with Gasteiger partial charge in [0.2, 0.25) is 0 Å². The van der Waals surface area contributed by atoms with E-state index in [2.05, 4.69) is 46.3 Å². The summed E-state index contributed by atoms with van der Waals surface area (Å²) >= 11 is 3.51. The standard InChI is InChI=1S/C16H20BrN3O/c1-3-6-21-14-8-13(9-19-10-14)16(20-18)12-4-5-15(17)11(2)7-12/h4-5,7-10,16,20H,3,6,18H2,1-2H3. The monoisotopic (exact) mass is 349 g/mol. The Bertz CT molecular complexity index is 604. The van der Waals surface area contributed by atoms with Gasteiger partial charge in [-0.05, 0) is 42.2 Å². The number of nitrogens with two attached hydrogens (primary N) is 1. The van der Waals surface area contributed by atoms with Crippen LogP contribution < -0.4 is 16.0 Å². The molecule has 0 bridgehead atoms. The summed E-state index contributed by atoms with van der Waals surface area (Å²) in [5.41, 5.74) is 6.09. The lowest BCUT2D eigenvalue weighted by molar-refractivity contribution is 0.315. The van der Waals surface area contributed by atoms with Gasteiger partial charge in [-0.15, -0.1) is 0 Å². The second kappa shape index (κ2) is 7.54. The van der Waals surface area contributed by atoms with Crippen LogP contribution in [0.15, 0.2) is 41.1 Å². The minimum atomic E-state index is -0.116. The van der Waals surface area contributed by atoms with E-state index in [4.69, 9.17) is 10.6 Å². The van der Waals surface area contributed by atoms with Crippen molar-refractivity contribution in [2.24, 2.45) is 5.84 Å². The number of ether oxygens (including phenoxy) is 1. The predicted octanol–water partition coefficient (Wildman–Crippen LogP) is 3.49. The quantitative estimate of drug-likeness (QED) is 0.618. The van der Waals surface area contributed by atoms with Gasteiger partial charge < -0.3 is 4.74 Å². The van der Waals surface area contributed by atoms with Crippen molar-refractivity contribution >= 4 is 15.9 Å². The maximum absolute atomic E-state index is 5.74. The zero-order valence-corrected chi connectivity index (χ0v) is 13.9. The van der Waals surface area contributed by atoms with E-state index >= 15 is 0 Å². The number of nitrogens with zero attached hydrogens (tertiary/aromatic N) is 1. The second-order valence-electron chi connectivity index (χ2n) is 4.91. The number of hydrazine groups is 1. The van der Waals surface area contributed by atoms with Crippen LogP contribution in [-0.2, 0) is 0 Å². The molecule has 0 saturated heterocycles. The van der Waals surface area contributed by atoms with Crippen LogP contribution in [0.4, 0.5) is 0 Å². The Morgan fingerprint density at radius 3 is 2.76 bits per heavy atom. The molecule has 1 heterocycles. The highest BCUT2D eigenvalue weighted by atomic mass is 79.9. The summed E-state index contributed by atoms with van der Waals surface area (Å²) in [7, 11) is 0. The maximum atomic E-state index is 5.74. The lowest BCUT2D eigenvalue weighted by Gasteiger charge is -2.18. The Balaban J connectivity index is 2.30. The fourth-order valence-corrected chi connectivity index (χ4v) is 2.37. The van der Waals surface area contributed by atoms with Crippen LogP contribution in [0.1, 0.15) is 36.1 Å². The van der Waals surface area contributed by atoms with Gasteiger partial charge in [-0.25, -0.2) is 5.43 Å². The fourth-order valence-electron chi connectivity index (χ4n) is 2.12. The van der Waals surface area contributed by atoms with Crippen LogP contribution in [0, 0.1) is 6.92 Å². The number of halogens is 1. The van der Waals surface area contributed by atoms with Crippen molar-refractivity contribution in [3.05, 3.63) is 57.8 Å². The molecule has 5 heteroatoms. The number of nitrogens with one attached hydrogen (secondary N) is 1. The number of aromatic nitrogens is 1. The highest BCUT2D eigenvalue weighted by Crippen LogP contribution is 2.27. The molecule has 1 aromatic heterocycles. The zero-order valence-electron chi connectivity index (χ0n) is 12.3. The lowest BCUT2D eigenvalue weighted by atomic mass is 9.99. The van der Waals surface area contributed by atoms with E-state index in [0.29, 0.717) is 6.61 Å². The van der Waals surface area contributed by atoms with Gasteiger partial charge >= 0.3 is 0 Å². The molecule has 1 aromatic carbocycles. The second-order valence-corrected chi connectivity index (χ2v) is 5.77. The van der Waals surface area contributed by atoms with Crippen LogP contribution in [0.2, 0.25) is 0 Å². The third-order valence-corrected chi connectivity index (χ3v) is 4.11. The van der Waals surface area contributed by atoms with Gasteiger partial charge in [-0.2, -0.15) is 0 Å². The maximum Gasteiger partial charge on any atom is 0.137 e. The van der Waals surface area contributed by atoms with E-state index in [1.54, 1.807) is 12.4 Å². The molecule has 1 unspecified atom stereocenters. The van der Waals surface area contributed by atoms with Gasteiger partial charge in [0.15, 0.2) is 0 Å².